The first-order valence-electron chi connectivity index (χ1n) is 8.11. The van der Waals surface area contributed by atoms with Crippen LogP contribution in [0.1, 0.15) is 5.56 Å². The van der Waals surface area contributed by atoms with Crippen molar-refractivity contribution in [1.29, 1.82) is 0 Å². The van der Waals surface area contributed by atoms with Crippen molar-refractivity contribution in [3.63, 3.8) is 0 Å². The largest absolute Gasteiger partial charge is 0.326 e. The summed E-state index contributed by atoms with van der Waals surface area (Å²) < 4.78 is 14.6. The second-order valence-corrected chi connectivity index (χ2v) is 5.91. The number of nitrogens with one attached hydrogen (secondary N) is 1. The van der Waals surface area contributed by atoms with Gasteiger partial charge < -0.3 is 5.32 Å². The molecule has 0 saturated carbocycles. The van der Waals surface area contributed by atoms with E-state index in [0.29, 0.717) is 5.69 Å². The fourth-order valence-electron chi connectivity index (χ4n) is 2.73. The molecule has 0 aliphatic heterocycles. The predicted octanol–water partition coefficient (Wildman–Crippen LogP) is 3.72. The summed E-state index contributed by atoms with van der Waals surface area (Å²) in [7, 11) is 0. The van der Waals surface area contributed by atoms with Crippen LogP contribution in [-0.2, 0) is 11.2 Å². The number of amides is 1. The molecule has 6 heteroatoms. The lowest BCUT2D eigenvalue weighted by Gasteiger charge is -2.07. The molecule has 2 aromatic carbocycles. The van der Waals surface area contributed by atoms with Crippen molar-refractivity contribution in [1.82, 2.24) is 14.6 Å². The SMILES string of the molecule is O=C(Cc1ccc(-c2ccn3ncnc3c2)cc1)Nc1ccc(F)cc1. The molecule has 0 fully saturated rings. The number of benzene rings is 2. The van der Waals surface area contributed by atoms with E-state index < -0.39 is 0 Å². The van der Waals surface area contributed by atoms with Gasteiger partial charge >= 0.3 is 0 Å². The molecule has 2 heterocycles. The van der Waals surface area contributed by atoms with Crippen LogP contribution in [0.4, 0.5) is 10.1 Å². The first-order valence-corrected chi connectivity index (χ1v) is 8.11. The predicted molar refractivity (Wildman–Crippen MR) is 97.2 cm³/mol. The van der Waals surface area contributed by atoms with Gasteiger partial charge in [-0.05, 0) is 53.1 Å². The van der Waals surface area contributed by atoms with Crippen LogP contribution in [0.25, 0.3) is 16.8 Å². The Labute approximate surface area is 149 Å². The highest BCUT2D eigenvalue weighted by Gasteiger charge is 2.06. The molecule has 4 aromatic rings. The quantitative estimate of drug-likeness (QED) is 0.613. The van der Waals surface area contributed by atoms with Gasteiger partial charge in [0.2, 0.25) is 5.91 Å². The van der Waals surface area contributed by atoms with Crippen LogP contribution in [0.15, 0.2) is 73.2 Å². The van der Waals surface area contributed by atoms with E-state index in [2.05, 4.69) is 15.4 Å². The zero-order chi connectivity index (χ0) is 17.9. The molecule has 0 atom stereocenters. The van der Waals surface area contributed by atoms with E-state index in [-0.39, 0.29) is 18.1 Å². The van der Waals surface area contributed by atoms with Crippen LogP contribution >= 0.6 is 0 Å². The van der Waals surface area contributed by atoms with E-state index in [1.807, 2.05) is 42.6 Å². The van der Waals surface area contributed by atoms with Gasteiger partial charge in [0, 0.05) is 11.9 Å². The molecular weight excluding hydrogens is 331 g/mol. The van der Waals surface area contributed by atoms with Crippen LogP contribution < -0.4 is 5.32 Å². The van der Waals surface area contributed by atoms with Crippen molar-refractivity contribution < 1.29 is 9.18 Å². The van der Waals surface area contributed by atoms with E-state index in [4.69, 9.17) is 0 Å². The maximum absolute atomic E-state index is 12.9. The number of hydrogen-bond acceptors (Lipinski definition) is 3. The van der Waals surface area contributed by atoms with Gasteiger partial charge in [0.1, 0.15) is 12.1 Å². The minimum Gasteiger partial charge on any atom is -0.326 e. The second kappa shape index (κ2) is 6.76. The Morgan fingerprint density at radius 1 is 1.00 bits per heavy atom. The van der Waals surface area contributed by atoms with E-state index in [9.17, 15) is 9.18 Å². The zero-order valence-corrected chi connectivity index (χ0v) is 13.8. The van der Waals surface area contributed by atoms with E-state index in [1.165, 1.54) is 30.6 Å². The number of carbonyl (C=O) groups is 1. The van der Waals surface area contributed by atoms with Crippen LogP contribution in [0, 0.1) is 5.82 Å². The Kier molecular flexibility index (Phi) is 4.15. The van der Waals surface area contributed by atoms with Crippen molar-refractivity contribution in [2.45, 2.75) is 6.42 Å². The summed E-state index contributed by atoms with van der Waals surface area (Å²) in [6, 6.07) is 17.4. The Bertz CT molecular complexity index is 1060. The molecule has 1 N–H and O–H groups in total. The monoisotopic (exact) mass is 346 g/mol. The Hall–Kier alpha value is -3.54. The first-order chi connectivity index (χ1) is 12.7. The second-order valence-electron chi connectivity index (χ2n) is 5.91. The van der Waals surface area contributed by atoms with Gasteiger partial charge in [-0.25, -0.2) is 13.9 Å². The topological polar surface area (TPSA) is 59.3 Å². The lowest BCUT2D eigenvalue weighted by molar-refractivity contribution is -0.115. The number of aromatic nitrogens is 3. The molecule has 0 aliphatic carbocycles. The van der Waals surface area contributed by atoms with Crippen molar-refractivity contribution in [3.8, 4) is 11.1 Å². The molecule has 0 radical (unpaired) electrons. The van der Waals surface area contributed by atoms with Gasteiger partial charge in [-0.3, -0.25) is 4.79 Å². The average molecular weight is 346 g/mol. The molecular formula is C20H15FN4O. The minimum atomic E-state index is -0.331. The molecule has 4 rings (SSSR count). The number of rotatable bonds is 4. The molecule has 2 aromatic heterocycles. The third-order valence-corrected chi connectivity index (χ3v) is 4.06. The molecule has 0 aliphatic rings. The Morgan fingerprint density at radius 3 is 2.54 bits per heavy atom. The molecule has 26 heavy (non-hydrogen) atoms. The van der Waals surface area contributed by atoms with Gasteiger partial charge in [-0.1, -0.05) is 24.3 Å². The van der Waals surface area contributed by atoms with Crippen LogP contribution in [0.3, 0.4) is 0 Å². The summed E-state index contributed by atoms with van der Waals surface area (Å²) in [6.45, 7) is 0. The summed E-state index contributed by atoms with van der Waals surface area (Å²) in [4.78, 5) is 16.3. The number of fused-ring (bicyclic) bond motifs is 1. The molecule has 0 spiro atoms. The van der Waals surface area contributed by atoms with Crippen LogP contribution in [-0.4, -0.2) is 20.5 Å². The zero-order valence-electron chi connectivity index (χ0n) is 13.8. The average Bonchev–Trinajstić information content (AvgIpc) is 3.12. The van der Waals surface area contributed by atoms with Crippen molar-refractivity contribution >= 4 is 17.2 Å². The van der Waals surface area contributed by atoms with Crippen molar-refractivity contribution in [2.24, 2.45) is 0 Å². The fourth-order valence-corrected chi connectivity index (χ4v) is 2.73. The van der Waals surface area contributed by atoms with E-state index in [1.54, 1.807) is 4.52 Å². The number of halogens is 1. The molecule has 0 saturated heterocycles. The normalized spacial score (nSPS) is 10.8. The lowest BCUT2D eigenvalue weighted by Crippen LogP contribution is -2.14. The molecule has 5 nitrogen and oxygen atoms in total. The molecule has 0 unspecified atom stereocenters. The van der Waals surface area contributed by atoms with Gasteiger partial charge in [-0.15, -0.1) is 0 Å². The summed E-state index contributed by atoms with van der Waals surface area (Å²) >= 11 is 0. The third kappa shape index (κ3) is 3.44. The number of carbonyl (C=O) groups excluding carboxylic acids is 1. The maximum atomic E-state index is 12.9. The highest BCUT2D eigenvalue weighted by atomic mass is 19.1. The molecule has 1 amide bonds. The summed E-state index contributed by atoms with van der Waals surface area (Å²) in [6.07, 6.45) is 3.63. The summed E-state index contributed by atoms with van der Waals surface area (Å²) in [5.41, 5.74) is 4.34. The van der Waals surface area contributed by atoms with E-state index in [0.717, 1.165) is 22.3 Å². The first kappa shape index (κ1) is 16.0. The van der Waals surface area contributed by atoms with Gasteiger partial charge in [0.15, 0.2) is 5.65 Å². The van der Waals surface area contributed by atoms with Gasteiger partial charge in [-0.2, -0.15) is 5.10 Å². The number of pyridine rings is 1. The number of nitrogens with zero attached hydrogens (tertiary/aromatic N) is 3. The Morgan fingerprint density at radius 2 is 1.77 bits per heavy atom. The lowest BCUT2D eigenvalue weighted by atomic mass is 10.0. The molecule has 128 valence electrons. The van der Waals surface area contributed by atoms with Crippen molar-refractivity contribution in [2.75, 3.05) is 5.32 Å². The Balaban J connectivity index is 1.45. The fraction of sp³-hybridized carbons (Fsp3) is 0.0500. The molecule has 0 bridgehead atoms. The maximum Gasteiger partial charge on any atom is 0.228 e. The highest BCUT2D eigenvalue weighted by molar-refractivity contribution is 5.92. The number of anilines is 1. The smallest absolute Gasteiger partial charge is 0.228 e. The minimum absolute atomic E-state index is 0.144. The van der Waals surface area contributed by atoms with Crippen LogP contribution in [0.5, 0.6) is 0 Å². The summed E-state index contributed by atoms with van der Waals surface area (Å²) in [5.74, 6) is -0.475. The van der Waals surface area contributed by atoms with Crippen molar-refractivity contribution in [3.05, 3.63) is 84.6 Å². The number of hydrogen-bond donors (Lipinski definition) is 1. The van der Waals surface area contributed by atoms with E-state index >= 15 is 0 Å². The van der Waals surface area contributed by atoms with Gasteiger partial charge in [0.25, 0.3) is 0 Å². The standard InChI is InChI=1S/C20H15FN4O/c21-17-5-7-18(8-6-17)24-20(26)11-14-1-3-15(4-2-14)16-9-10-25-19(12-16)22-13-23-25/h1-10,12-13H,11H2,(H,24,26). The third-order valence-electron chi connectivity index (χ3n) is 4.06. The summed E-state index contributed by atoms with van der Waals surface area (Å²) in [5, 5.41) is 6.84. The highest BCUT2D eigenvalue weighted by Crippen LogP contribution is 2.21. The van der Waals surface area contributed by atoms with Gasteiger partial charge in [0.05, 0.1) is 6.42 Å². The van der Waals surface area contributed by atoms with Crippen LogP contribution in [0.2, 0.25) is 0 Å².